The molecule has 24 heavy (non-hydrogen) atoms. The molecule has 0 aliphatic rings. The van der Waals surface area contributed by atoms with Gasteiger partial charge in [-0.3, -0.25) is 0 Å². The SMILES string of the molecule is COc1cc(Cl)c(C)cc1Nc1cc(NCCN(C)C)nc(C)n1. The zero-order valence-corrected chi connectivity index (χ0v) is 15.5. The number of halogens is 1. The average molecular weight is 350 g/mol. The Balaban J connectivity index is 2.20. The molecule has 0 spiro atoms. The van der Waals surface area contributed by atoms with E-state index in [9.17, 15) is 0 Å². The van der Waals surface area contributed by atoms with Crippen molar-refractivity contribution in [3.63, 3.8) is 0 Å². The molecular formula is C17H24ClN5O. The highest BCUT2D eigenvalue weighted by atomic mass is 35.5. The monoisotopic (exact) mass is 349 g/mol. The van der Waals surface area contributed by atoms with Crippen LogP contribution in [0.2, 0.25) is 5.02 Å². The standard InChI is InChI=1S/C17H24ClN5O/c1-11-8-14(15(24-5)9-13(11)18)22-17-10-16(20-12(2)21-17)19-6-7-23(3)4/h8-10H,6-7H2,1-5H3,(H2,19,20,21,22). The van der Waals surface area contributed by atoms with Crippen LogP contribution in [0.5, 0.6) is 5.75 Å². The molecule has 130 valence electrons. The Hall–Kier alpha value is -2.05. The van der Waals surface area contributed by atoms with Crippen LogP contribution in [0, 0.1) is 13.8 Å². The number of aryl methyl sites for hydroxylation is 2. The zero-order valence-electron chi connectivity index (χ0n) is 14.8. The van der Waals surface area contributed by atoms with Crippen LogP contribution in [0.15, 0.2) is 18.2 Å². The minimum atomic E-state index is 0.669. The minimum Gasteiger partial charge on any atom is -0.495 e. The van der Waals surface area contributed by atoms with Gasteiger partial charge in [-0.1, -0.05) is 11.6 Å². The Labute approximate surface area is 148 Å². The van der Waals surface area contributed by atoms with E-state index in [4.69, 9.17) is 16.3 Å². The molecule has 0 radical (unpaired) electrons. The van der Waals surface area contributed by atoms with Gasteiger partial charge in [-0.15, -0.1) is 0 Å². The summed E-state index contributed by atoms with van der Waals surface area (Å²) in [7, 11) is 5.69. The molecule has 1 heterocycles. The number of benzene rings is 1. The van der Waals surface area contributed by atoms with Crippen molar-refractivity contribution in [2.24, 2.45) is 0 Å². The second kappa shape index (κ2) is 8.17. The number of nitrogens with one attached hydrogen (secondary N) is 2. The third kappa shape index (κ3) is 4.97. The van der Waals surface area contributed by atoms with Crippen LogP contribution in [-0.4, -0.2) is 49.2 Å². The first-order chi connectivity index (χ1) is 11.4. The molecular weight excluding hydrogens is 326 g/mol. The lowest BCUT2D eigenvalue weighted by Gasteiger charge is -2.15. The Morgan fingerprint density at radius 1 is 1.12 bits per heavy atom. The molecule has 0 saturated carbocycles. The van der Waals surface area contributed by atoms with Crippen molar-refractivity contribution in [1.29, 1.82) is 0 Å². The van der Waals surface area contributed by atoms with Gasteiger partial charge in [0.1, 0.15) is 23.2 Å². The number of nitrogens with zero attached hydrogens (tertiary/aromatic N) is 3. The van der Waals surface area contributed by atoms with Crippen molar-refractivity contribution in [2.75, 3.05) is 44.9 Å². The normalized spacial score (nSPS) is 10.8. The first kappa shape index (κ1) is 18.3. The fourth-order valence-electron chi connectivity index (χ4n) is 2.20. The van der Waals surface area contributed by atoms with E-state index in [2.05, 4.69) is 25.5 Å². The van der Waals surface area contributed by atoms with E-state index in [1.54, 1.807) is 13.2 Å². The Morgan fingerprint density at radius 3 is 2.50 bits per heavy atom. The molecule has 2 N–H and O–H groups in total. The first-order valence-corrected chi connectivity index (χ1v) is 8.12. The molecule has 1 aromatic carbocycles. The molecule has 0 fully saturated rings. The van der Waals surface area contributed by atoms with Gasteiger partial charge in [-0.25, -0.2) is 9.97 Å². The lowest BCUT2D eigenvalue weighted by Crippen LogP contribution is -2.21. The van der Waals surface area contributed by atoms with Gasteiger partial charge < -0.3 is 20.3 Å². The largest absolute Gasteiger partial charge is 0.495 e. The number of hydrogen-bond donors (Lipinski definition) is 2. The number of rotatable bonds is 7. The highest BCUT2D eigenvalue weighted by molar-refractivity contribution is 6.31. The first-order valence-electron chi connectivity index (χ1n) is 7.74. The molecule has 2 rings (SSSR count). The maximum atomic E-state index is 6.15. The van der Waals surface area contributed by atoms with Gasteiger partial charge in [0.2, 0.25) is 0 Å². The van der Waals surface area contributed by atoms with Crippen LogP contribution in [-0.2, 0) is 0 Å². The van der Waals surface area contributed by atoms with Gasteiger partial charge in [-0.05, 0) is 39.6 Å². The van der Waals surface area contributed by atoms with Gasteiger partial charge in [-0.2, -0.15) is 0 Å². The summed E-state index contributed by atoms with van der Waals surface area (Å²) < 4.78 is 5.39. The number of methoxy groups -OCH3 is 1. The molecule has 0 aliphatic carbocycles. The van der Waals surface area contributed by atoms with Crippen molar-refractivity contribution >= 4 is 28.9 Å². The van der Waals surface area contributed by atoms with Crippen molar-refractivity contribution in [3.05, 3.63) is 34.6 Å². The van der Waals surface area contributed by atoms with Crippen LogP contribution in [0.1, 0.15) is 11.4 Å². The third-order valence-electron chi connectivity index (χ3n) is 3.45. The van der Waals surface area contributed by atoms with Crippen LogP contribution in [0.25, 0.3) is 0 Å². The average Bonchev–Trinajstić information content (AvgIpc) is 2.49. The Bertz CT molecular complexity index is 706. The molecule has 0 bridgehead atoms. The second-order valence-electron chi connectivity index (χ2n) is 5.84. The third-order valence-corrected chi connectivity index (χ3v) is 3.85. The van der Waals surface area contributed by atoms with Crippen LogP contribution < -0.4 is 15.4 Å². The lowest BCUT2D eigenvalue weighted by atomic mass is 10.2. The summed E-state index contributed by atoms with van der Waals surface area (Å²) in [6, 6.07) is 5.62. The highest BCUT2D eigenvalue weighted by Gasteiger charge is 2.09. The summed E-state index contributed by atoms with van der Waals surface area (Å²) in [6.45, 7) is 5.56. The van der Waals surface area contributed by atoms with Crippen LogP contribution in [0.3, 0.4) is 0 Å². The van der Waals surface area contributed by atoms with E-state index in [0.29, 0.717) is 22.4 Å². The minimum absolute atomic E-state index is 0.669. The maximum absolute atomic E-state index is 6.15. The van der Waals surface area contributed by atoms with Gasteiger partial charge in [0, 0.05) is 30.2 Å². The van der Waals surface area contributed by atoms with Gasteiger partial charge >= 0.3 is 0 Å². The van der Waals surface area contributed by atoms with Crippen molar-refractivity contribution in [1.82, 2.24) is 14.9 Å². The smallest absolute Gasteiger partial charge is 0.143 e. The Kier molecular flexibility index (Phi) is 6.23. The van der Waals surface area contributed by atoms with Gasteiger partial charge in [0.25, 0.3) is 0 Å². The Morgan fingerprint density at radius 2 is 1.83 bits per heavy atom. The molecule has 0 aliphatic heterocycles. The summed E-state index contributed by atoms with van der Waals surface area (Å²) in [5.74, 6) is 2.85. The zero-order chi connectivity index (χ0) is 17.7. The van der Waals surface area contributed by atoms with E-state index in [1.807, 2.05) is 40.1 Å². The maximum Gasteiger partial charge on any atom is 0.143 e. The molecule has 0 saturated heterocycles. The quantitative estimate of drug-likeness (QED) is 0.798. The molecule has 0 unspecified atom stereocenters. The van der Waals surface area contributed by atoms with Gasteiger partial charge in [0.05, 0.1) is 12.8 Å². The summed E-state index contributed by atoms with van der Waals surface area (Å²) >= 11 is 6.15. The highest BCUT2D eigenvalue weighted by Crippen LogP contribution is 2.32. The number of ether oxygens (including phenoxy) is 1. The number of hydrogen-bond acceptors (Lipinski definition) is 6. The molecule has 0 amide bonds. The number of anilines is 3. The van der Waals surface area contributed by atoms with Gasteiger partial charge in [0.15, 0.2) is 0 Å². The summed E-state index contributed by atoms with van der Waals surface area (Å²) in [6.07, 6.45) is 0. The molecule has 1 aromatic heterocycles. The summed E-state index contributed by atoms with van der Waals surface area (Å²) in [4.78, 5) is 11.0. The lowest BCUT2D eigenvalue weighted by molar-refractivity contribution is 0.416. The van der Waals surface area contributed by atoms with Crippen molar-refractivity contribution < 1.29 is 4.74 Å². The van der Waals surface area contributed by atoms with E-state index in [-0.39, 0.29) is 0 Å². The van der Waals surface area contributed by atoms with Crippen LogP contribution in [0.4, 0.5) is 17.3 Å². The fraction of sp³-hybridized carbons (Fsp3) is 0.412. The molecule has 7 heteroatoms. The molecule has 0 atom stereocenters. The predicted octanol–water partition coefficient (Wildman–Crippen LogP) is 3.47. The topological polar surface area (TPSA) is 62.3 Å². The fourth-order valence-corrected chi connectivity index (χ4v) is 2.35. The van der Waals surface area contributed by atoms with E-state index in [1.165, 1.54) is 0 Å². The van der Waals surface area contributed by atoms with Crippen molar-refractivity contribution in [3.8, 4) is 5.75 Å². The summed E-state index contributed by atoms with van der Waals surface area (Å²) in [5, 5.41) is 7.26. The molecule has 2 aromatic rings. The predicted molar refractivity (Wildman–Crippen MR) is 99.8 cm³/mol. The van der Waals surface area contributed by atoms with E-state index in [0.717, 1.165) is 30.2 Å². The van der Waals surface area contributed by atoms with E-state index >= 15 is 0 Å². The molecule has 6 nitrogen and oxygen atoms in total. The summed E-state index contributed by atoms with van der Waals surface area (Å²) in [5.41, 5.74) is 1.78. The second-order valence-corrected chi connectivity index (χ2v) is 6.25. The van der Waals surface area contributed by atoms with E-state index < -0.39 is 0 Å². The van der Waals surface area contributed by atoms with Crippen molar-refractivity contribution in [2.45, 2.75) is 13.8 Å². The number of likely N-dealkylation sites (N-methyl/N-ethyl adjacent to an activating group) is 1. The van der Waals surface area contributed by atoms with Crippen LogP contribution >= 0.6 is 11.6 Å². The number of aromatic nitrogens is 2.